The van der Waals surface area contributed by atoms with E-state index in [0.717, 1.165) is 29.9 Å². The minimum Gasteiger partial charge on any atom is -0.307 e. The number of hydrogen-bond acceptors (Lipinski definition) is 2. The fourth-order valence-electron chi connectivity index (χ4n) is 5.43. The second-order valence-electron chi connectivity index (χ2n) is 7.74. The Morgan fingerprint density at radius 2 is 1.48 bits per heavy atom. The summed E-state index contributed by atoms with van der Waals surface area (Å²) in [6.45, 7) is 0.767. The summed E-state index contributed by atoms with van der Waals surface area (Å²) < 4.78 is 37.1. The zero-order chi connectivity index (χ0) is 16.1. The summed E-state index contributed by atoms with van der Waals surface area (Å²) >= 11 is -0.0455. The van der Waals surface area contributed by atoms with E-state index in [0.29, 0.717) is 5.54 Å². The van der Waals surface area contributed by atoms with Gasteiger partial charge >= 0.3 is 5.51 Å². The first kappa shape index (κ1) is 15.8. The maximum atomic E-state index is 12.4. The third kappa shape index (κ3) is 3.55. The molecule has 4 aliphatic rings. The average Bonchev–Trinajstić information content (AvgIpc) is 2.43. The van der Waals surface area contributed by atoms with Crippen LogP contribution in [0.2, 0.25) is 0 Å². The van der Waals surface area contributed by atoms with Crippen molar-refractivity contribution < 1.29 is 13.2 Å². The molecule has 0 heterocycles. The summed E-state index contributed by atoms with van der Waals surface area (Å²) in [5, 5.41) is 3.78. The van der Waals surface area contributed by atoms with Gasteiger partial charge in [0.05, 0.1) is 0 Å². The lowest BCUT2D eigenvalue weighted by atomic mass is 9.53. The molecule has 4 bridgehead atoms. The van der Waals surface area contributed by atoms with Crippen LogP contribution in [-0.2, 0) is 6.54 Å². The number of hydrogen-bond donors (Lipinski definition) is 1. The molecule has 1 aromatic carbocycles. The van der Waals surface area contributed by atoms with Crippen molar-refractivity contribution in [1.29, 1.82) is 0 Å². The third-order valence-electron chi connectivity index (χ3n) is 5.86. The highest BCUT2D eigenvalue weighted by molar-refractivity contribution is 8.00. The smallest absolute Gasteiger partial charge is 0.307 e. The molecular weight excluding hydrogens is 319 g/mol. The zero-order valence-electron chi connectivity index (χ0n) is 13.0. The van der Waals surface area contributed by atoms with Crippen LogP contribution >= 0.6 is 11.8 Å². The molecule has 5 rings (SSSR count). The van der Waals surface area contributed by atoms with Gasteiger partial charge in [-0.25, -0.2) is 0 Å². The van der Waals surface area contributed by atoms with Gasteiger partial charge in [0.15, 0.2) is 0 Å². The Morgan fingerprint density at radius 3 is 1.96 bits per heavy atom. The first-order valence-corrected chi connectivity index (χ1v) is 9.31. The summed E-state index contributed by atoms with van der Waals surface area (Å²) in [5.74, 6) is 2.71. The van der Waals surface area contributed by atoms with Crippen LogP contribution in [0, 0.1) is 17.8 Å². The first-order valence-electron chi connectivity index (χ1n) is 8.49. The number of rotatable bonds is 4. The Bertz CT molecular complexity index is 531. The monoisotopic (exact) mass is 341 g/mol. The quantitative estimate of drug-likeness (QED) is 0.740. The van der Waals surface area contributed by atoms with E-state index in [1.165, 1.54) is 38.5 Å². The molecule has 0 atom stereocenters. The van der Waals surface area contributed by atoms with Gasteiger partial charge in [-0.05, 0) is 85.7 Å². The lowest BCUT2D eigenvalue weighted by Crippen LogP contribution is -2.58. The molecule has 0 spiro atoms. The van der Waals surface area contributed by atoms with E-state index < -0.39 is 5.51 Å². The van der Waals surface area contributed by atoms with E-state index in [-0.39, 0.29) is 16.7 Å². The standard InChI is InChI=1S/C18H22F3NS/c19-18(20,21)23-16-3-1-12(2-4-16)11-22-17-8-13-5-14(9-17)7-15(6-13)10-17/h1-4,13-15,22H,5-11H2. The summed E-state index contributed by atoms with van der Waals surface area (Å²) in [5.41, 5.74) is -2.83. The van der Waals surface area contributed by atoms with E-state index in [1.807, 2.05) is 12.1 Å². The predicted octanol–water partition coefficient (Wildman–Crippen LogP) is 5.36. The molecule has 1 aromatic rings. The number of halogens is 3. The van der Waals surface area contributed by atoms with Crippen molar-refractivity contribution in [2.75, 3.05) is 0 Å². The van der Waals surface area contributed by atoms with Gasteiger partial charge in [-0.1, -0.05) is 12.1 Å². The van der Waals surface area contributed by atoms with Gasteiger partial charge in [0.1, 0.15) is 0 Å². The fourth-order valence-corrected chi connectivity index (χ4v) is 5.97. The molecule has 0 saturated heterocycles. The second kappa shape index (κ2) is 5.69. The second-order valence-corrected chi connectivity index (χ2v) is 8.88. The molecule has 4 fully saturated rings. The van der Waals surface area contributed by atoms with E-state index in [1.54, 1.807) is 12.1 Å². The van der Waals surface area contributed by atoms with Gasteiger partial charge < -0.3 is 5.32 Å². The number of nitrogens with one attached hydrogen (secondary N) is 1. The predicted molar refractivity (Wildman–Crippen MR) is 86.1 cm³/mol. The zero-order valence-corrected chi connectivity index (χ0v) is 13.8. The maximum absolute atomic E-state index is 12.4. The van der Waals surface area contributed by atoms with E-state index in [4.69, 9.17) is 0 Å². The van der Waals surface area contributed by atoms with Crippen LogP contribution in [0.3, 0.4) is 0 Å². The van der Waals surface area contributed by atoms with Gasteiger partial charge in [-0.15, -0.1) is 0 Å². The van der Waals surface area contributed by atoms with Crippen molar-refractivity contribution in [2.45, 2.75) is 61.0 Å². The van der Waals surface area contributed by atoms with Crippen LogP contribution < -0.4 is 5.32 Å². The van der Waals surface area contributed by atoms with Gasteiger partial charge in [0, 0.05) is 17.0 Å². The topological polar surface area (TPSA) is 12.0 Å². The summed E-state index contributed by atoms with van der Waals surface area (Å²) in [6.07, 6.45) is 8.14. The first-order chi connectivity index (χ1) is 10.9. The lowest BCUT2D eigenvalue weighted by Gasteiger charge is -2.57. The Labute approximate surface area is 139 Å². The molecule has 126 valence electrons. The Morgan fingerprint density at radius 1 is 0.957 bits per heavy atom. The molecule has 0 radical (unpaired) electrons. The van der Waals surface area contributed by atoms with Crippen LogP contribution in [0.25, 0.3) is 0 Å². The average molecular weight is 341 g/mol. The van der Waals surface area contributed by atoms with Crippen molar-refractivity contribution >= 4 is 11.8 Å². The SMILES string of the molecule is FC(F)(F)Sc1ccc(CNC23CC4CC(CC(C4)C2)C3)cc1. The Kier molecular flexibility index (Phi) is 3.92. The number of alkyl halides is 3. The third-order valence-corrected chi connectivity index (χ3v) is 6.60. The van der Waals surface area contributed by atoms with Crippen LogP contribution in [0.4, 0.5) is 13.2 Å². The highest BCUT2D eigenvalue weighted by Crippen LogP contribution is 2.55. The van der Waals surface area contributed by atoms with Gasteiger partial charge in [0.2, 0.25) is 0 Å². The van der Waals surface area contributed by atoms with Crippen LogP contribution in [0.15, 0.2) is 29.2 Å². The molecule has 0 unspecified atom stereocenters. The Hall–Kier alpha value is -0.680. The van der Waals surface area contributed by atoms with E-state index in [2.05, 4.69) is 5.32 Å². The molecule has 4 saturated carbocycles. The molecule has 0 amide bonds. The highest BCUT2D eigenvalue weighted by Gasteiger charge is 2.50. The van der Waals surface area contributed by atoms with E-state index in [9.17, 15) is 13.2 Å². The van der Waals surface area contributed by atoms with Gasteiger partial charge in [-0.2, -0.15) is 13.2 Å². The molecular formula is C18H22F3NS. The van der Waals surface area contributed by atoms with Crippen LogP contribution in [-0.4, -0.2) is 11.0 Å². The fraction of sp³-hybridized carbons (Fsp3) is 0.667. The summed E-state index contributed by atoms with van der Waals surface area (Å²) in [7, 11) is 0. The highest BCUT2D eigenvalue weighted by atomic mass is 32.2. The molecule has 23 heavy (non-hydrogen) atoms. The number of benzene rings is 1. The largest absolute Gasteiger partial charge is 0.446 e. The maximum Gasteiger partial charge on any atom is 0.446 e. The van der Waals surface area contributed by atoms with Crippen LogP contribution in [0.1, 0.15) is 44.1 Å². The van der Waals surface area contributed by atoms with Gasteiger partial charge in [0.25, 0.3) is 0 Å². The molecule has 1 N–H and O–H groups in total. The molecule has 0 aliphatic heterocycles. The van der Waals surface area contributed by atoms with Crippen molar-refractivity contribution in [3.63, 3.8) is 0 Å². The molecule has 5 heteroatoms. The minimum atomic E-state index is -4.21. The van der Waals surface area contributed by atoms with Crippen molar-refractivity contribution in [1.82, 2.24) is 5.32 Å². The molecule has 4 aliphatic carbocycles. The van der Waals surface area contributed by atoms with Crippen molar-refractivity contribution in [3.05, 3.63) is 29.8 Å². The Balaban J connectivity index is 1.38. The lowest BCUT2D eigenvalue weighted by molar-refractivity contribution is -0.0328. The van der Waals surface area contributed by atoms with Crippen LogP contribution in [0.5, 0.6) is 0 Å². The number of thioether (sulfide) groups is 1. The van der Waals surface area contributed by atoms with Crippen molar-refractivity contribution in [3.8, 4) is 0 Å². The molecule has 1 nitrogen and oxygen atoms in total. The summed E-state index contributed by atoms with van der Waals surface area (Å²) in [6, 6.07) is 6.80. The van der Waals surface area contributed by atoms with Gasteiger partial charge in [-0.3, -0.25) is 0 Å². The van der Waals surface area contributed by atoms with E-state index >= 15 is 0 Å². The normalized spacial score (nSPS) is 35.7. The van der Waals surface area contributed by atoms with Crippen molar-refractivity contribution in [2.24, 2.45) is 17.8 Å². The molecule has 0 aromatic heterocycles. The minimum absolute atomic E-state index is 0.0455. The summed E-state index contributed by atoms with van der Waals surface area (Å²) in [4.78, 5) is 0.260.